The quantitative estimate of drug-likeness (QED) is 0.176. The van der Waals surface area contributed by atoms with Crippen molar-refractivity contribution in [1.29, 1.82) is 0 Å². The lowest BCUT2D eigenvalue weighted by Crippen LogP contribution is -1.90. The molecule has 0 amide bonds. The molecule has 0 atom stereocenters. The van der Waals surface area contributed by atoms with Gasteiger partial charge in [0.25, 0.3) is 0 Å². The van der Waals surface area contributed by atoms with Crippen LogP contribution in [0.5, 0.6) is 0 Å². The van der Waals surface area contributed by atoms with Crippen LogP contribution in [-0.4, -0.2) is 0 Å². The van der Waals surface area contributed by atoms with Gasteiger partial charge in [-0.15, -0.1) is 0 Å². The fourth-order valence-corrected chi connectivity index (χ4v) is 7.91. The molecule has 0 aliphatic carbocycles. The lowest BCUT2D eigenvalue weighted by atomic mass is 9.85. The number of benzene rings is 10. The van der Waals surface area contributed by atoms with Gasteiger partial charge in [0.1, 0.15) is 0 Å². The summed E-state index contributed by atoms with van der Waals surface area (Å²) in [4.78, 5) is 0. The molecule has 0 saturated heterocycles. The van der Waals surface area contributed by atoms with Crippen molar-refractivity contribution in [2.24, 2.45) is 0 Å². The van der Waals surface area contributed by atoms with E-state index in [0.29, 0.717) is 0 Å². The van der Waals surface area contributed by atoms with Gasteiger partial charge in [-0.3, -0.25) is 0 Å². The van der Waals surface area contributed by atoms with Crippen LogP contribution >= 0.6 is 0 Å². The summed E-state index contributed by atoms with van der Waals surface area (Å²) in [5, 5.41) is 15.5. The summed E-state index contributed by atoms with van der Waals surface area (Å²) in [6, 6.07) is 67.1. The van der Waals surface area contributed by atoms with Crippen molar-refractivity contribution in [3.8, 4) is 33.4 Å². The molecule has 0 aromatic heterocycles. The molecule has 0 spiro atoms. The fraction of sp³-hybridized carbons (Fsp3) is 0. The number of rotatable bonds is 3. The van der Waals surface area contributed by atoms with Crippen molar-refractivity contribution in [1.82, 2.24) is 0 Å². The van der Waals surface area contributed by atoms with Crippen LogP contribution in [0.3, 0.4) is 0 Å². The van der Waals surface area contributed by atoms with Crippen LogP contribution in [0.15, 0.2) is 182 Å². The first-order chi connectivity index (χ1) is 23.8. The van der Waals surface area contributed by atoms with Gasteiger partial charge < -0.3 is 0 Å². The molecule has 222 valence electrons. The summed E-state index contributed by atoms with van der Waals surface area (Å²) in [5.41, 5.74) is 7.39. The minimum Gasteiger partial charge on any atom is -0.0622 e. The van der Waals surface area contributed by atoms with E-state index in [9.17, 15) is 0 Å². The van der Waals surface area contributed by atoms with E-state index in [1.807, 2.05) is 0 Å². The van der Waals surface area contributed by atoms with E-state index in [0.717, 1.165) is 0 Å². The summed E-state index contributed by atoms with van der Waals surface area (Å²) >= 11 is 0. The monoisotopic (exact) mass is 606 g/mol. The van der Waals surface area contributed by atoms with E-state index in [1.54, 1.807) is 0 Å². The average molecular weight is 607 g/mol. The van der Waals surface area contributed by atoms with Gasteiger partial charge in [0.05, 0.1) is 0 Å². The maximum atomic E-state index is 2.43. The highest BCUT2D eigenvalue weighted by atomic mass is 14.2. The molecule has 0 unspecified atom stereocenters. The summed E-state index contributed by atoms with van der Waals surface area (Å²) < 4.78 is 0. The van der Waals surface area contributed by atoms with Crippen molar-refractivity contribution in [3.63, 3.8) is 0 Å². The summed E-state index contributed by atoms with van der Waals surface area (Å²) in [6.45, 7) is 0. The van der Waals surface area contributed by atoms with E-state index in [2.05, 4.69) is 182 Å². The number of fused-ring (bicyclic) bond motifs is 12. The van der Waals surface area contributed by atoms with Gasteiger partial charge in [-0.1, -0.05) is 158 Å². The Balaban J connectivity index is 1.28. The average Bonchev–Trinajstić information content (AvgIpc) is 3.17. The SMILES string of the molecule is c1ccc(-c2ccc3c4ccc(-c5cccc(-c6ccc7ccccc7c6)c5)cc4c4c5ccccc5c5ccccc5c4c3c2)cc1. The fourth-order valence-electron chi connectivity index (χ4n) is 7.91. The maximum absolute atomic E-state index is 2.43. The van der Waals surface area contributed by atoms with E-state index in [-0.39, 0.29) is 0 Å². The van der Waals surface area contributed by atoms with Crippen molar-refractivity contribution < 1.29 is 0 Å². The molecular weight excluding hydrogens is 577 g/mol. The van der Waals surface area contributed by atoms with Crippen LogP contribution in [-0.2, 0) is 0 Å². The summed E-state index contributed by atoms with van der Waals surface area (Å²) in [6.07, 6.45) is 0. The van der Waals surface area contributed by atoms with Crippen molar-refractivity contribution in [3.05, 3.63) is 182 Å². The van der Waals surface area contributed by atoms with E-state index in [4.69, 9.17) is 0 Å². The van der Waals surface area contributed by atoms with Gasteiger partial charge in [-0.2, -0.15) is 0 Å². The highest BCUT2D eigenvalue weighted by Gasteiger charge is 2.17. The Morgan fingerprint density at radius 3 is 1.23 bits per heavy atom. The zero-order valence-corrected chi connectivity index (χ0v) is 26.3. The molecule has 0 N–H and O–H groups in total. The number of hydrogen-bond donors (Lipinski definition) is 0. The highest BCUT2D eigenvalue weighted by molar-refractivity contribution is 6.39. The van der Waals surface area contributed by atoms with Crippen LogP contribution in [0.25, 0.3) is 98.0 Å². The normalized spacial score (nSPS) is 11.8. The molecule has 0 bridgehead atoms. The van der Waals surface area contributed by atoms with Crippen molar-refractivity contribution >= 4 is 64.6 Å². The predicted octanol–water partition coefficient (Wildman–Crippen LogP) is 13.6. The van der Waals surface area contributed by atoms with Gasteiger partial charge in [-0.05, 0) is 122 Å². The van der Waals surface area contributed by atoms with Crippen LogP contribution in [0, 0.1) is 0 Å². The predicted molar refractivity (Wildman–Crippen MR) is 208 cm³/mol. The largest absolute Gasteiger partial charge is 0.0622 e. The smallest absolute Gasteiger partial charge is 0.00137 e. The van der Waals surface area contributed by atoms with Crippen LogP contribution < -0.4 is 0 Å². The zero-order chi connectivity index (χ0) is 31.6. The minimum atomic E-state index is 1.22. The second-order valence-electron chi connectivity index (χ2n) is 12.9. The molecule has 10 aromatic rings. The van der Waals surface area contributed by atoms with Crippen LogP contribution in [0.2, 0.25) is 0 Å². The van der Waals surface area contributed by atoms with Crippen LogP contribution in [0.1, 0.15) is 0 Å². The molecule has 0 aliphatic heterocycles. The standard InChI is InChI=1S/C48H30/c1-2-11-31(12-3-1)37-23-25-41-42-26-24-38(35-16-10-15-34(28-35)36-22-21-32-13-4-5-14-33(32)27-36)30-46(42)48-44-20-9-7-18-40(44)39-17-6-8-19-43(39)47(48)45(41)29-37/h1-30H. The first kappa shape index (κ1) is 26.9. The van der Waals surface area contributed by atoms with Gasteiger partial charge >= 0.3 is 0 Å². The zero-order valence-electron chi connectivity index (χ0n) is 26.3. The summed E-state index contributed by atoms with van der Waals surface area (Å²) in [5.74, 6) is 0. The Kier molecular flexibility index (Phi) is 5.98. The van der Waals surface area contributed by atoms with Crippen molar-refractivity contribution in [2.45, 2.75) is 0 Å². The molecule has 48 heavy (non-hydrogen) atoms. The summed E-state index contributed by atoms with van der Waals surface area (Å²) in [7, 11) is 0. The molecule has 0 fully saturated rings. The molecule has 10 rings (SSSR count). The molecule has 0 radical (unpaired) electrons. The Morgan fingerprint density at radius 2 is 0.604 bits per heavy atom. The Hall–Kier alpha value is -6.24. The molecule has 0 heteroatoms. The highest BCUT2D eigenvalue weighted by Crippen LogP contribution is 2.45. The first-order valence-corrected chi connectivity index (χ1v) is 16.7. The second kappa shape index (κ2) is 10.7. The molecule has 10 aromatic carbocycles. The second-order valence-corrected chi connectivity index (χ2v) is 12.9. The van der Waals surface area contributed by atoms with Gasteiger partial charge in [-0.25, -0.2) is 0 Å². The molecule has 0 saturated carbocycles. The van der Waals surface area contributed by atoms with E-state index >= 15 is 0 Å². The Labute approximate surface area is 279 Å². The van der Waals surface area contributed by atoms with E-state index < -0.39 is 0 Å². The third-order valence-electron chi connectivity index (χ3n) is 10.2. The third-order valence-corrected chi connectivity index (χ3v) is 10.2. The maximum Gasteiger partial charge on any atom is -0.00137 e. The van der Waals surface area contributed by atoms with Gasteiger partial charge in [0, 0.05) is 0 Å². The minimum absolute atomic E-state index is 1.22. The molecule has 0 nitrogen and oxygen atoms in total. The first-order valence-electron chi connectivity index (χ1n) is 16.7. The lowest BCUT2D eigenvalue weighted by Gasteiger charge is -2.18. The third kappa shape index (κ3) is 4.16. The van der Waals surface area contributed by atoms with E-state index in [1.165, 1.54) is 98.0 Å². The van der Waals surface area contributed by atoms with Gasteiger partial charge in [0.2, 0.25) is 0 Å². The molecular formula is C48H30. The topological polar surface area (TPSA) is 0 Å². The van der Waals surface area contributed by atoms with Crippen molar-refractivity contribution in [2.75, 3.05) is 0 Å². The lowest BCUT2D eigenvalue weighted by molar-refractivity contribution is 1.62. The molecule has 0 heterocycles. The number of hydrogen-bond acceptors (Lipinski definition) is 0. The van der Waals surface area contributed by atoms with Crippen LogP contribution in [0.4, 0.5) is 0 Å². The Morgan fingerprint density at radius 1 is 0.188 bits per heavy atom. The Bertz CT molecular complexity index is 2880. The molecule has 0 aliphatic rings. The van der Waals surface area contributed by atoms with Gasteiger partial charge in [0.15, 0.2) is 0 Å².